The molecule has 0 aromatic heterocycles. The number of halogens is 2. The molecule has 166 valence electrons. The molecule has 1 atom stereocenters. The molecule has 5 nitrogen and oxygen atoms in total. The molecule has 2 aromatic carbocycles. The lowest BCUT2D eigenvalue weighted by Crippen LogP contribution is -2.54. The summed E-state index contributed by atoms with van der Waals surface area (Å²) in [6.07, 6.45) is 2.54. The molecule has 0 bridgehead atoms. The van der Waals surface area contributed by atoms with E-state index in [9.17, 15) is 9.59 Å². The Morgan fingerprint density at radius 1 is 1.22 bits per heavy atom. The van der Waals surface area contributed by atoms with Gasteiger partial charge in [0.25, 0.3) is 11.8 Å². The zero-order valence-electron chi connectivity index (χ0n) is 18.2. The van der Waals surface area contributed by atoms with Gasteiger partial charge in [0, 0.05) is 27.8 Å². The summed E-state index contributed by atoms with van der Waals surface area (Å²) in [5, 5.41) is 3.15. The molecular formula is C24H23BrClN3O2S. The van der Waals surface area contributed by atoms with Gasteiger partial charge in [-0.25, -0.2) is 0 Å². The summed E-state index contributed by atoms with van der Waals surface area (Å²) in [5.74, 6) is -0.706. The number of benzene rings is 2. The topological polar surface area (TPSA) is 52.7 Å². The zero-order valence-corrected chi connectivity index (χ0v) is 21.4. The molecule has 1 saturated heterocycles. The quantitative estimate of drug-likeness (QED) is 0.308. The van der Waals surface area contributed by atoms with Gasteiger partial charge in [-0.1, -0.05) is 34.5 Å². The summed E-state index contributed by atoms with van der Waals surface area (Å²) in [6, 6.07) is 11.0. The fourth-order valence-electron chi connectivity index (χ4n) is 4.35. The van der Waals surface area contributed by atoms with Gasteiger partial charge in [0.15, 0.2) is 5.11 Å². The molecule has 0 spiro atoms. The van der Waals surface area contributed by atoms with E-state index in [0.717, 1.165) is 22.1 Å². The number of carbonyl (C=O) groups is 2. The van der Waals surface area contributed by atoms with E-state index in [-0.39, 0.29) is 16.2 Å². The van der Waals surface area contributed by atoms with E-state index in [0.29, 0.717) is 22.2 Å². The molecule has 1 fully saturated rings. The Morgan fingerprint density at radius 2 is 1.88 bits per heavy atom. The molecule has 2 aliphatic heterocycles. The molecule has 32 heavy (non-hydrogen) atoms. The number of fused-ring (bicyclic) bond motifs is 1. The zero-order chi connectivity index (χ0) is 23.4. The Hall–Kier alpha value is -2.22. The Morgan fingerprint density at radius 3 is 2.53 bits per heavy atom. The Kier molecular flexibility index (Phi) is 5.94. The number of hydrogen-bond acceptors (Lipinski definition) is 4. The Labute approximate surface area is 206 Å². The van der Waals surface area contributed by atoms with Crippen LogP contribution in [0.4, 0.5) is 11.4 Å². The molecular weight excluding hydrogens is 510 g/mol. The number of hydrogen-bond donors (Lipinski definition) is 1. The monoisotopic (exact) mass is 531 g/mol. The van der Waals surface area contributed by atoms with Crippen molar-refractivity contribution in [2.24, 2.45) is 0 Å². The van der Waals surface area contributed by atoms with Crippen LogP contribution in [0, 0.1) is 0 Å². The fourth-order valence-corrected chi connectivity index (χ4v) is 5.11. The lowest BCUT2D eigenvalue weighted by Gasteiger charge is -2.45. The molecule has 1 N–H and O–H groups in total. The first kappa shape index (κ1) is 23.0. The highest BCUT2D eigenvalue weighted by Crippen LogP contribution is 2.44. The maximum atomic E-state index is 13.3. The van der Waals surface area contributed by atoms with Gasteiger partial charge in [0.1, 0.15) is 5.57 Å². The third-order valence-corrected chi connectivity index (χ3v) is 7.38. The predicted molar refractivity (Wildman–Crippen MR) is 137 cm³/mol. The maximum Gasteiger partial charge on any atom is 0.270 e. The van der Waals surface area contributed by atoms with Gasteiger partial charge in [-0.05, 0) is 92.0 Å². The summed E-state index contributed by atoms with van der Waals surface area (Å²) in [6.45, 7) is 6.60. The van der Waals surface area contributed by atoms with Crippen molar-refractivity contribution in [2.75, 3.05) is 16.8 Å². The highest BCUT2D eigenvalue weighted by Gasteiger charge is 2.36. The lowest BCUT2D eigenvalue weighted by molar-refractivity contribution is -0.122. The summed E-state index contributed by atoms with van der Waals surface area (Å²) < 4.78 is 0.875. The molecule has 1 unspecified atom stereocenters. The summed E-state index contributed by atoms with van der Waals surface area (Å²) in [5.41, 5.74) is 3.41. The number of nitrogens with zero attached hydrogens (tertiary/aromatic N) is 2. The van der Waals surface area contributed by atoms with Crippen molar-refractivity contribution in [1.29, 1.82) is 0 Å². The first-order chi connectivity index (χ1) is 15.0. The minimum atomic E-state index is -0.534. The van der Waals surface area contributed by atoms with Crippen molar-refractivity contribution in [3.63, 3.8) is 0 Å². The van der Waals surface area contributed by atoms with Gasteiger partial charge in [0.2, 0.25) is 0 Å². The SMILES string of the molecule is CC1CC(C)(C)N(C)c2cc(Cl)c(/C=C3\C(=O)NC(=S)N(c4ccc(Br)cc4)C3=O)cc21. The molecule has 2 heterocycles. The number of carbonyl (C=O) groups excluding carboxylic acids is 2. The Bertz CT molecular complexity index is 1180. The number of thiocarbonyl (C=S) groups is 1. The van der Waals surface area contributed by atoms with E-state index in [1.54, 1.807) is 18.2 Å². The molecule has 4 rings (SSSR count). The summed E-state index contributed by atoms with van der Waals surface area (Å²) >= 11 is 15.3. The number of nitrogens with one attached hydrogen (secondary N) is 1. The average Bonchev–Trinajstić information content (AvgIpc) is 2.71. The highest BCUT2D eigenvalue weighted by molar-refractivity contribution is 9.10. The van der Waals surface area contributed by atoms with Crippen LogP contribution in [-0.2, 0) is 9.59 Å². The van der Waals surface area contributed by atoms with E-state index in [4.69, 9.17) is 23.8 Å². The number of amides is 2. The van der Waals surface area contributed by atoms with E-state index in [1.807, 2.05) is 24.3 Å². The van der Waals surface area contributed by atoms with Crippen molar-refractivity contribution in [1.82, 2.24) is 5.32 Å². The second kappa shape index (κ2) is 8.28. The predicted octanol–water partition coefficient (Wildman–Crippen LogP) is 5.66. The third kappa shape index (κ3) is 3.98. The largest absolute Gasteiger partial charge is 0.369 e. The van der Waals surface area contributed by atoms with Gasteiger partial charge >= 0.3 is 0 Å². The second-order valence-electron chi connectivity index (χ2n) is 8.84. The van der Waals surface area contributed by atoms with Crippen LogP contribution in [0.2, 0.25) is 5.02 Å². The van der Waals surface area contributed by atoms with E-state index in [1.165, 1.54) is 4.90 Å². The van der Waals surface area contributed by atoms with Crippen LogP contribution in [0.3, 0.4) is 0 Å². The van der Waals surface area contributed by atoms with Crippen molar-refractivity contribution in [3.8, 4) is 0 Å². The normalized spacial score (nSPS) is 21.6. The Balaban J connectivity index is 1.77. The number of anilines is 2. The molecule has 0 radical (unpaired) electrons. The third-order valence-electron chi connectivity index (χ3n) is 6.24. The summed E-state index contributed by atoms with van der Waals surface area (Å²) in [7, 11) is 2.06. The molecule has 2 aliphatic rings. The first-order valence-corrected chi connectivity index (χ1v) is 11.8. The van der Waals surface area contributed by atoms with Crippen LogP contribution in [-0.4, -0.2) is 29.5 Å². The van der Waals surface area contributed by atoms with Gasteiger partial charge < -0.3 is 4.90 Å². The lowest BCUT2D eigenvalue weighted by atomic mass is 9.80. The van der Waals surface area contributed by atoms with Gasteiger partial charge in [-0.2, -0.15) is 0 Å². The fraction of sp³-hybridized carbons (Fsp3) is 0.292. The molecule has 0 saturated carbocycles. The number of rotatable bonds is 2. The summed E-state index contributed by atoms with van der Waals surface area (Å²) in [4.78, 5) is 29.5. The highest BCUT2D eigenvalue weighted by atomic mass is 79.9. The molecule has 8 heteroatoms. The minimum absolute atomic E-state index is 0.00974. The minimum Gasteiger partial charge on any atom is -0.369 e. The second-order valence-corrected chi connectivity index (χ2v) is 10.6. The average molecular weight is 533 g/mol. The standard InChI is InChI=1S/C24H23BrClN3O2S/c1-13-12-24(2,3)28(4)20-11-19(26)14(9-17(13)20)10-18-21(30)27-23(32)29(22(18)31)16-7-5-15(25)6-8-16/h5-11,13H,12H2,1-4H3,(H,27,30,32)/b18-10+. The van der Waals surface area contributed by atoms with E-state index < -0.39 is 11.8 Å². The van der Waals surface area contributed by atoms with Crippen LogP contribution in [0.1, 0.15) is 44.2 Å². The van der Waals surface area contributed by atoms with E-state index in [2.05, 4.69) is 54.0 Å². The van der Waals surface area contributed by atoms with Crippen molar-refractivity contribution >= 4 is 74.1 Å². The van der Waals surface area contributed by atoms with Crippen molar-refractivity contribution in [2.45, 2.75) is 38.6 Å². The van der Waals surface area contributed by atoms with Crippen LogP contribution >= 0.6 is 39.7 Å². The van der Waals surface area contributed by atoms with Gasteiger partial charge in [-0.15, -0.1) is 0 Å². The smallest absolute Gasteiger partial charge is 0.270 e. The van der Waals surface area contributed by atoms with Gasteiger partial charge in [-0.3, -0.25) is 19.8 Å². The van der Waals surface area contributed by atoms with Gasteiger partial charge in [0.05, 0.1) is 5.69 Å². The first-order valence-electron chi connectivity index (χ1n) is 10.2. The van der Waals surface area contributed by atoms with Crippen LogP contribution in [0.25, 0.3) is 6.08 Å². The molecule has 2 aromatic rings. The maximum absolute atomic E-state index is 13.3. The van der Waals surface area contributed by atoms with E-state index >= 15 is 0 Å². The van der Waals surface area contributed by atoms with Crippen molar-refractivity contribution < 1.29 is 9.59 Å². The van der Waals surface area contributed by atoms with Crippen LogP contribution in [0.5, 0.6) is 0 Å². The molecule has 0 aliphatic carbocycles. The molecule has 2 amide bonds. The van der Waals surface area contributed by atoms with Crippen LogP contribution < -0.4 is 15.1 Å². The van der Waals surface area contributed by atoms with Crippen molar-refractivity contribution in [3.05, 3.63) is 62.6 Å². The van der Waals surface area contributed by atoms with Crippen LogP contribution in [0.15, 0.2) is 46.4 Å².